The van der Waals surface area contributed by atoms with Crippen LogP contribution in [0.2, 0.25) is 5.02 Å². The number of alkyl halides is 3. The van der Waals surface area contributed by atoms with Crippen molar-refractivity contribution in [2.45, 2.75) is 19.0 Å². The van der Waals surface area contributed by atoms with Crippen LogP contribution in [0, 0.1) is 5.92 Å². The van der Waals surface area contributed by atoms with Gasteiger partial charge in [-0.05, 0) is 31.0 Å². The van der Waals surface area contributed by atoms with Crippen molar-refractivity contribution in [3.05, 3.63) is 35.0 Å². The van der Waals surface area contributed by atoms with Gasteiger partial charge < -0.3 is 20.7 Å². The molecule has 156 valence electrons. The Kier molecular flexibility index (Phi) is 6.02. The highest BCUT2D eigenvalue weighted by atomic mass is 35.5. The van der Waals surface area contributed by atoms with Gasteiger partial charge in [0.25, 0.3) is 5.91 Å². The number of rotatable bonds is 4. The number of amides is 1. The van der Waals surface area contributed by atoms with Crippen LogP contribution in [0.5, 0.6) is 5.75 Å². The fourth-order valence-electron chi connectivity index (χ4n) is 3.10. The normalized spacial score (nSPS) is 17.1. The Bertz CT molecular complexity index is 910. The van der Waals surface area contributed by atoms with Crippen LogP contribution >= 0.6 is 11.6 Å². The summed E-state index contributed by atoms with van der Waals surface area (Å²) in [6.07, 6.45) is -2.64. The van der Waals surface area contributed by atoms with E-state index in [0.717, 1.165) is 0 Å². The number of halogens is 4. The van der Waals surface area contributed by atoms with Crippen LogP contribution in [0.3, 0.4) is 0 Å². The maximum Gasteiger partial charge on any atom is 0.393 e. The zero-order valence-corrected chi connectivity index (χ0v) is 16.2. The first kappa shape index (κ1) is 21.0. The lowest BCUT2D eigenvalue weighted by atomic mass is 9.97. The summed E-state index contributed by atoms with van der Waals surface area (Å²) in [5.74, 6) is -1.41. The monoisotopic (exact) mass is 429 g/mol. The van der Waals surface area contributed by atoms with Gasteiger partial charge in [-0.3, -0.25) is 4.79 Å². The van der Waals surface area contributed by atoms with Crippen molar-refractivity contribution in [1.82, 2.24) is 14.9 Å². The molecule has 0 saturated carbocycles. The molecule has 2 aromatic rings. The summed E-state index contributed by atoms with van der Waals surface area (Å²) in [6, 6.07) is 4.52. The van der Waals surface area contributed by atoms with Crippen molar-refractivity contribution in [2.24, 2.45) is 5.92 Å². The minimum atomic E-state index is -4.31. The first-order valence-electron chi connectivity index (χ1n) is 8.78. The molecule has 7 nitrogen and oxygen atoms in total. The Balaban J connectivity index is 1.79. The van der Waals surface area contributed by atoms with Crippen LogP contribution in [0.25, 0.3) is 0 Å². The largest absolute Gasteiger partial charge is 0.495 e. The van der Waals surface area contributed by atoms with Crippen LogP contribution in [0.4, 0.5) is 30.6 Å². The topological polar surface area (TPSA) is 93.4 Å². The number of nitrogens with one attached hydrogen (secondary N) is 1. The Morgan fingerprint density at radius 3 is 2.83 bits per heavy atom. The van der Waals surface area contributed by atoms with Crippen molar-refractivity contribution in [2.75, 3.05) is 31.2 Å². The molecule has 1 aliphatic rings. The highest BCUT2D eigenvalue weighted by molar-refractivity contribution is 6.32. The molecule has 1 amide bonds. The molecule has 1 unspecified atom stereocenters. The number of nitrogens with two attached hydrogens (primary N) is 1. The molecule has 29 heavy (non-hydrogen) atoms. The summed E-state index contributed by atoms with van der Waals surface area (Å²) in [7, 11) is 1.41. The number of anilines is 3. The van der Waals surface area contributed by atoms with Crippen molar-refractivity contribution in [3.63, 3.8) is 0 Å². The van der Waals surface area contributed by atoms with Gasteiger partial charge in [0.05, 0.1) is 24.9 Å². The number of aromatic nitrogens is 2. The van der Waals surface area contributed by atoms with E-state index in [-0.39, 0.29) is 41.9 Å². The molecule has 0 spiro atoms. The van der Waals surface area contributed by atoms with Crippen LogP contribution in [-0.4, -0.2) is 47.2 Å². The van der Waals surface area contributed by atoms with Crippen LogP contribution in [0.15, 0.2) is 24.4 Å². The van der Waals surface area contributed by atoms with Gasteiger partial charge in [-0.2, -0.15) is 18.2 Å². The van der Waals surface area contributed by atoms with E-state index in [1.165, 1.54) is 30.3 Å². The summed E-state index contributed by atoms with van der Waals surface area (Å²) in [4.78, 5) is 21.9. The van der Waals surface area contributed by atoms with Gasteiger partial charge in [-0.25, -0.2) is 4.98 Å². The fourth-order valence-corrected chi connectivity index (χ4v) is 3.19. The van der Waals surface area contributed by atoms with Gasteiger partial charge in [0.2, 0.25) is 5.95 Å². The van der Waals surface area contributed by atoms with Gasteiger partial charge in [-0.15, -0.1) is 0 Å². The molecule has 0 aliphatic carbocycles. The highest BCUT2D eigenvalue weighted by Gasteiger charge is 2.42. The smallest absolute Gasteiger partial charge is 0.393 e. The lowest BCUT2D eigenvalue weighted by Gasteiger charge is -2.33. The first-order chi connectivity index (χ1) is 13.7. The summed E-state index contributed by atoms with van der Waals surface area (Å²) < 4.78 is 44.4. The van der Waals surface area contributed by atoms with E-state index in [9.17, 15) is 18.0 Å². The van der Waals surface area contributed by atoms with Crippen molar-refractivity contribution >= 4 is 35.0 Å². The lowest BCUT2D eigenvalue weighted by Crippen LogP contribution is -2.44. The Morgan fingerprint density at radius 2 is 2.17 bits per heavy atom. The standard InChI is InChI=1S/C18H19ClF3N5O2/c1-29-14-7-10(16(28)27-6-2-3-11(9-27)18(20,21)22)4-5-13(14)25-17-24-8-12(19)15(23)26-17/h4-5,7-8,11H,2-3,6,9H2,1H3,(H3,23,24,25,26). The van der Waals surface area contributed by atoms with Gasteiger partial charge in [0, 0.05) is 18.7 Å². The van der Waals surface area contributed by atoms with Crippen LogP contribution in [0.1, 0.15) is 23.2 Å². The van der Waals surface area contributed by atoms with Crippen molar-refractivity contribution in [3.8, 4) is 5.75 Å². The third-order valence-corrected chi connectivity index (χ3v) is 4.93. The number of piperidine rings is 1. The number of hydrogen-bond acceptors (Lipinski definition) is 6. The SMILES string of the molecule is COc1cc(C(=O)N2CCCC(C(F)(F)F)C2)ccc1Nc1ncc(Cl)c(N)n1. The predicted molar refractivity (Wildman–Crippen MR) is 102 cm³/mol. The number of nitrogen functional groups attached to an aromatic ring is 1. The van der Waals surface area contributed by atoms with Crippen molar-refractivity contribution < 1.29 is 22.7 Å². The van der Waals surface area contributed by atoms with Crippen molar-refractivity contribution in [1.29, 1.82) is 0 Å². The Morgan fingerprint density at radius 1 is 1.41 bits per heavy atom. The van der Waals surface area contributed by atoms with Gasteiger partial charge in [0.1, 0.15) is 16.6 Å². The van der Waals surface area contributed by atoms with Crippen LogP contribution in [-0.2, 0) is 0 Å². The maximum absolute atomic E-state index is 13.0. The number of carbonyl (C=O) groups is 1. The summed E-state index contributed by atoms with van der Waals surface area (Å²) in [5.41, 5.74) is 6.33. The average molecular weight is 430 g/mol. The maximum atomic E-state index is 13.0. The Labute approximate surface area is 170 Å². The molecule has 0 radical (unpaired) electrons. The molecule has 3 rings (SSSR count). The molecule has 1 aromatic carbocycles. The molecule has 1 saturated heterocycles. The molecule has 2 heterocycles. The lowest BCUT2D eigenvalue weighted by molar-refractivity contribution is -0.184. The molecular formula is C18H19ClF3N5O2. The molecule has 1 aromatic heterocycles. The van der Waals surface area contributed by atoms with Crippen LogP contribution < -0.4 is 15.8 Å². The number of ether oxygens (including phenoxy) is 1. The second-order valence-corrected chi connectivity index (χ2v) is 7.01. The highest BCUT2D eigenvalue weighted by Crippen LogP contribution is 2.34. The second-order valence-electron chi connectivity index (χ2n) is 6.60. The third-order valence-electron chi connectivity index (χ3n) is 4.64. The fraction of sp³-hybridized carbons (Fsp3) is 0.389. The quantitative estimate of drug-likeness (QED) is 0.766. The van der Waals surface area contributed by atoms with Gasteiger partial charge in [-0.1, -0.05) is 11.6 Å². The minimum Gasteiger partial charge on any atom is -0.495 e. The molecular weight excluding hydrogens is 411 g/mol. The second kappa shape index (κ2) is 8.32. The number of methoxy groups -OCH3 is 1. The van der Waals surface area contributed by atoms with E-state index in [4.69, 9.17) is 22.1 Å². The van der Waals surface area contributed by atoms with E-state index in [2.05, 4.69) is 15.3 Å². The van der Waals surface area contributed by atoms with Gasteiger partial charge in [0.15, 0.2) is 0 Å². The van der Waals surface area contributed by atoms with E-state index in [1.807, 2.05) is 0 Å². The van der Waals surface area contributed by atoms with E-state index in [0.29, 0.717) is 17.9 Å². The average Bonchev–Trinajstić information content (AvgIpc) is 2.70. The molecule has 3 N–H and O–H groups in total. The Hall–Kier alpha value is -2.75. The third kappa shape index (κ3) is 4.81. The first-order valence-corrected chi connectivity index (χ1v) is 9.16. The zero-order chi connectivity index (χ0) is 21.2. The minimum absolute atomic E-state index is 0.0314. The van der Waals surface area contributed by atoms with Gasteiger partial charge >= 0.3 is 6.18 Å². The number of carbonyl (C=O) groups excluding carboxylic acids is 1. The molecule has 1 aliphatic heterocycles. The summed E-state index contributed by atoms with van der Waals surface area (Å²) >= 11 is 5.79. The predicted octanol–water partition coefficient (Wildman–Crippen LogP) is 3.88. The summed E-state index contributed by atoms with van der Waals surface area (Å²) in [6.45, 7) is -0.0613. The molecule has 0 bridgehead atoms. The number of nitrogens with zero attached hydrogens (tertiary/aromatic N) is 3. The zero-order valence-electron chi connectivity index (χ0n) is 15.5. The molecule has 1 atom stereocenters. The molecule has 1 fully saturated rings. The summed E-state index contributed by atoms with van der Waals surface area (Å²) in [5, 5.41) is 3.11. The van der Waals surface area contributed by atoms with E-state index >= 15 is 0 Å². The molecule has 11 heteroatoms. The number of benzene rings is 1. The van der Waals surface area contributed by atoms with E-state index in [1.54, 1.807) is 6.07 Å². The number of hydrogen-bond donors (Lipinski definition) is 2. The van der Waals surface area contributed by atoms with E-state index < -0.39 is 18.0 Å². The number of likely N-dealkylation sites (tertiary alicyclic amines) is 1.